The maximum atomic E-state index is 12.3. The van der Waals surface area contributed by atoms with Crippen LogP contribution < -0.4 is 16.0 Å². The number of anilines is 2. The molecule has 2 heterocycles. The summed E-state index contributed by atoms with van der Waals surface area (Å²) in [4.78, 5) is 24.1. The molecule has 148 valence electrons. The first-order valence-corrected chi connectivity index (χ1v) is 10.5. The van der Waals surface area contributed by atoms with Crippen LogP contribution in [0.4, 0.5) is 15.6 Å². The Morgan fingerprint density at radius 3 is 2.89 bits per heavy atom. The zero-order valence-electron chi connectivity index (χ0n) is 15.7. The van der Waals surface area contributed by atoms with Crippen molar-refractivity contribution in [1.29, 1.82) is 0 Å². The van der Waals surface area contributed by atoms with Crippen molar-refractivity contribution in [2.75, 3.05) is 17.7 Å². The lowest BCUT2D eigenvalue weighted by atomic mass is 10.1. The fourth-order valence-corrected chi connectivity index (χ4v) is 4.41. The lowest BCUT2D eigenvalue weighted by Crippen LogP contribution is -2.49. The summed E-state index contributed by atoms with van der Waals surface area (Å²) < 4.78 is 5.85. The van der Waals surface area contributed by atoms with Crippen molar-refractivity contribution in [3.8, 4) is 0 Å². The molecule has 3 N–H and O–H groups in total. The van der Waals surface area contributed by atoms with Gasteiger partial charge in [0.2, 0.25) is 5.13 Å². The number of carbonyl (C=O) groups excluding carboxylic acids is 2. The molecule has 0 spiro atoms. The monoisotopic (exact) mass is 419 g/mol. The summed E-state index contributed by atoms with van der Waals surface area (Å²) in [6, 6.07) is 7.17. The molecular weight excluding hydrogens is 398 g/mol. The number of hydrogen-bond acceptors (Lipinski definition) is 8. The van der Waals surface area contributed by atoms with E-state index in [0.717, 1.165) is 15.6 Å². The lowest BCUT2D eigenvalue weighted by Gasteiger charge is -2.26. The smallest absolute Gasteiger partial charge is 0.337 e. The minimum absolute atomic E-state index is 0.272. The Labute approximate surface area is 171 Å². The van der Waals surface area contributed by atoms with Crippen LogP contribution in [-0.2, 0) is 9.53 Å². The summed E-state index contributed by atoms with van der Waals surface area (Å²) in [5.41, 5.74) is 3.05. The first-order valence-electron chi connectivity index (χ1n) is 8.74. The third-order valence-corrected chi connectivity index (χ3v) is 6.00. The van der Waals surface area contributed by atoms with Crippen molar-refractivity contribution >= 4 is 45.9 Å². The lowest BCUT2D eigenvalue weighted by molar-refractivity contribution is -0.138. The van der Waals surface area contributed by atoms with Crippen molar-refractivity contribution in [2.24, 2.45) is 0 Å². The van der Waals surface area contributed by atoms with E-state index in [0.29, 0.717) is 22.2 Å². The van der Waals surface area contributed by atoms with Crippen LogP contribution in [0.5, 0.6) is 0 Å². The van der Waals surface area contributed by atoms with E-state index in [4.69, 9.17) is 4.74 Å². The number of para-hydroxylation sites is 1. The van der Waals surface area contributed by atoms with Crippen LogP contribution in [0.1, 0.15) is 19.4 Å². The molecule has 1 aliphatic rings. The zero-order valence-corrected chi connectivity index (χ0v) is 17.4. The number of hydrogen-bond donors (Lipinski definition) is 3. The molecule has 0 aliphatic carbocycles. The number of nitrogens with zero attached hydrogens (tertiary/aromatic N) is 2. The van der Waals surface area contributed by atoms with Crippen molar-refractivity contribution in [1.82, 2.24) is 20.8 Å². The van der Waals surface area contributed by atoms with Gasteiger partial charge in [0.1, 0.15) is 0 Å². The highest BCUT2D eigenvalue weighted by atomic mass is 32.2. The SMILES string of the molecule is CCOC(=O)C1=C(CSc2nnc(Nc3ccccc3C)s2)NC(=O)N[C@H]1C. The van der Waals surface area contributed by atoms with Crippen LogP contribution in [-0.4, -0.2) is 40.6 Å². The van der Waals surface area contributed by atoms with Gasteiger partial charge in [-0.3, -0.25) is 0 Å². The summed E-state index contributed by atoms with van der Waals surface area (Å²) in [6.45, 7) is 5.79. The average molecular weight is 420 g/mol. The van der Waals surface area contributed by atoms with Crippen molar-refractivity contribution in [3.63, 3.8) is 0 Å². The maximum absolute atomic E-state index is 12.3. The van der Waals surface area contributed by atoms with Crippen LogP contribution in [0.25, 0.3) is 0 Å². The van der Waals surface area contributed by atoms with Crippen molar-refractivity contribution in [2.45, 2.75) is 31.2 Å². The van der Waals surface area contributed by atoms with Crippen LogP contribution in [0.2, 0.25) is 0 Å². The summed E-state index contributed by atoms with van der Waals surface area (Å²) >= 11 is 2.81. The van der Waals surface area contributed by atoms with Crippen LogP contribution in [0, 0.1) is 6.92 Å². The highest BCUT2D eigenvalue weighted by Gasteiger charge is 2.29. The van der Waals surface area contributed by atoms with Gasteiger partial charge in [-0.05, 0) is 32.4 Å². The average Bonchev–Trinajstić information content (AvgIpc) is 3.09. The number of benzene rings is 1. The van der Waals surface area contributed by atoms with E-state index in [2.05, 4.69) is 26.1 Å². The number of amides is 2. The molecule has 1 aromatic heterocycles. The van der Waals surface area contributed by atoms with Gasteiger partial charge in [0.25, 0.3) is 0 Å². The second-order valence-electron chi connectivity index (χ2n) is 6.03. The normalized spacial score (nSPS) is 16.4. The van der Waals surface area contributed by atoms with Gasteiger partial charge >= 0.3 is 12.0 Å². The Morgan fingerprint density at radius 1 is 1.36 bits per heavy atom. The molecule has 0 radical (unpaired) electrons. The van der Waals surface area contributed by atoms with E-state index < -0.39 is 12.0 Å². The van der Waals surface area contributed by atoms with Gasteiger partial charge in [0, 0.05) is 17.1 Å². The molecule has 2 amide bonds. The van der Waals surface area contributed by atoms with E-state index >= 15 is 0 Å². The molecule has 1 aromatic carbocycles. The van der Waals surface area contributed by atoms with Gasteiger partial charge in [-0.15, -0.1) is 10.2 Å². The van der Waals surface area contributed by atoms with Crippen LogP contribution in [0.3, 0.4) is 0 Å². The summed E-state index contributed by atoms with van der Waals surface area (Å²) in [5, 5.41) is 17.7. The molecule has 0 saturated heterocycles. The number of esters is 1. The van der Waals surface area contributed by atoms with Crippen LogP contribution in [0.15, 0.2) is 39.9 Å². The van der Waals surface area contributed by atoms with E-state index in [-0.39, 0.29) is 12.6 Å². The predicted octanol–water partition coefficient (Wildman–Crippen LogP) is 3.20. The minimum Gasteiger partial charge on any atom is -0.463 e. The number of aryl methyl sites for hydroxylation is 1. The third-order valence-electron chi connectivity index (χ3n) is 4.00. The number of ether oxygens (including phenoxy) is 1. The molecule has 0 saturated carbocycles. The van der Waals surface area contributed by atoms with Gasteiger partial charge in [0.15, 0.2) is 4.34 Å². The Kier molecular flexibility index (Phi) is 6.53. The molecule has 0 fully saturated rings. The Balaban J connectivity index is 1.70. The fraction of sp³-hybridized carbons (Fsp3) is 0.333. The fourth-order valence-electron chi connectivity index (χ4n) is 2.67. The van der Waals surface area contributed by atoms with Crippen molar-refractivity contribution < 1.29 is 14.3 Å². The molecule has 8 nitrogen and oxygen atoms in total. The first-order chi connectivity index (χ1) is 13.5. The topological polar surface area (TPSA) is 105 Å². The number of carbonyl (C=O) groups is 2. The molecular formula is C18H21N5O3S2. The number of nitrogens with one attached hydrogen (secondary N) is 3. The second-order valence-corrected chi connectivity index (χ2v) is 8.23. The Hall–Kier alpha value is -2.59. The first kappa shape index (κ1) is 20.2. The van der Waals surface area contributed by atoms with E-state index in [1.165, 1.54) is 23.1 Å². The number of aromatic nitrogens is 2. The highest BCUT2D eigenvalue weighted by molar-refractivity contribution is 8.01. The minimum atomic E-state index is -0.433. The summed E-state index contributed by atoms with van der Waals surface area (Å²) in [5.74, 6) is -0.0532. The molecule has 10 heteroatoms. The van der Waals surface area contributed by atoms with Gasteiger partial charge < -0.3 is 20.7 Å². The molecule has 1 aliphatic heterocycles. The quantitative estimate of drug-likeness (QED) is 0.467. The van der Waals surface area contributed by atoms with Gasteiger partial charge in [-0.25, -0.2) is 9.59 Å². The predicted molar refractivity (Wildman–Crippen MR) is 110 cm³/mol. The van der Waals surface area contributed by atoms with Gasteiger partial charge in [0.05, 0.1) is 18.2 Å². The second kappa shape index (κ2) is 9.07. The van der Waals surface area contributed by atoms with Gasteiger partial charge in [-0.1, -0.05) is 41.3 Å². The molecule has 0 unspecified atom stereocenters. The van der Waals surface area contributed by atoms with Crippen LogP contribution >= 0.6 is 23.1 Å². The molecule has 3 rings (SSSR count). The maximum Gasteiger partial charge on any atom is 0.337 e. The molecule has 28 heavy (non-hydrogen) atoms. The molecule has 0 bridgehead atoms. The van der Waals surface area contributed by atoms with Gasteiger partial charge in [-0.2, -0.15) is 0 Å². The van der Waals surface area contributed by atoms with Crippen molar-refractivity contribution in [3.05, 3.63) is 41.1 Å². The molecule has 2 aromatic rings. The zero-order chi connectivity index (χ0) is 20.1. The van der Waals surface area contributed by atoms with E-state index in [1.807, 2.05) is 31.2 Å². The number of urea groups is 1. The summed E-state index contributed by atoms with van der Waals surface area (Å²) in [7, 11) is 0. The summed E-state index contributed by atoms with van der Waals surface area (Å²) in [6.07, 6.45) is 0. The van der Waals surface area contributed by atoms with E-state index in [1.54, 1.807) is 13.8 Å². The third kappa shape index (κ3) is 4.82. The largest absolute Gasteiger partial charge is 0.463 e. The Bertz CT molecular complexity index is 912. The molecule has 1 atom stereocenters. The number of thioether (sulfide) groups is 1. The highest BCUT2D eigenvalue weighted by Crippen LogP contribution is 2.30. The standard InChI is InChI=1S/C18H21N5O3S2/c1-4-26-15(24)14-11(3)19-16(25)20-13(14)9-27-18-23-22-17(28-18)21-12-8-6-5-7-10(12)2/h5-8,11H,4,9H2,1-3H3,(H,21,22)(H2,19,20,25)/t11-/m0/s1. The van der Waals surface area contributed by atoms with E-state index in [9.17, 15) is 9.59 Å². The number of rotatable bonds is 7. The Morgan fingerprint density at radius 2 is 2.14 bits per heavy atom.